The minimum absolute atomic E-state index is 0.216. The standard InChI is InChI=1S/C20H19NO4/c22-20(23)16-11-21(12-16)10-14-5-7-17(8-6-14)24-13-18-9-15-3-1-2-4-19(15)25-18/h1-9,16H,10-13H2,(H,22,23). The van der Waals surface area contributed by atoms with Gasteiger partial charge in [0.2, 0.25) is 0 Å². The van der Waals surface area contributed by atoms with Gasteiger partial charge in [-0.3, -0.25) is 9.69 Å². The van der Waals surface area contributed by atoms with Gasteiger partial charge in [0.15, 0.2) is 0 Å². The molecule has 25 heavy (non-hydrogen) atoms. The van der Waals surface area contributed by atoms with E-state index in [-0.39, 0.29) is 5.92 Å². The zero-order valence-corrected chi connectivity index (χ0v) is 13.7. The predicted octanol–water partition coefficient (Wildman–Crippen LogP) is 3.53. The van der Waals surface area contributed by atoms with Crippen molar-refractivity contribution >= 4 is 16.9 Å². The summed E-state index contributed by atoms with van der Waals surface area (Å²) >= 11 is 0. The Kier molecular flexibility index (Phi) is 4.15. The molecule has 0 atom stereocenters. The van der Waals surface area contributed by atoms with Crippen molar-refractivity contribution in [1.82, 2.24) is 4.90 Å². The van der Waals surface area contributed by atoms with Crippen LogP contribution in [0.4, 0.5) is 0 Å². The largest absolute Gasteiger partial charge is 0.486 e. The summed E-state index contributed by atoms with van der Waals surface area (Å²) in [6.07, 6.45) is 0. The molecule has 0 bridgehead atoms. The molecule has 2 heterocycles. The van der Waals surface area contributed by atoms with Gasteiger partial charge in [-0.25, -0.2) is 0 Å². The van der Waals surface area contributed by atoms with Crippen molar-refractivity contribution in [2.24, 2.45) is 5.92 Å². The van der Waals surface area contributed by atoms with E-state index >= 15 is 0 Å². The number of benzene rings is 2. The lowest BCUT2D eigenvalue weighted by atomic mass is 10.00. The van der Waals surface area contributed by atoms with Gasteiger partial charge in [-0.1, -0.05) is 30.3 Å². The maximum absolute atomic E-state index is 10.8. The Morgan fingerprint density at radius 2 is 1.92 bits per heavy atom. The Bertz CT molecular complexity index is 845. The summed E-state index contributed by atoms with van der Waals surface area (Å²) in [6.45, 7) is 2.41. The first-order chi connectivity index (χ1) is 12.2. The summed E-state index contributed by atoms with van der Waals surface area (Å²) in [4.78, 5) is 12.9. The van der Waals surface area contributed by atoms with Crippen LogP contribution >= 0.6 is 0 Å². The number of fused-ring (bicyclic) bond motifs is 1. The highest BCUT2D eigenvalue weighted by Gasteiger charge is 2.32. The van der Waals surface area contributed by atoms with Crippen molar-refractivity contribution in [3.05, 3.63) is 65.9 Å². The fourth-order valence-corrected chi connectivity index (χ4v) is 3.07. The molecule has 0 aliphatic carbocycles. The number of para-hydroxylation sites is 1. The fraction of sp³-hybridized carbons (Fsp3) is 0.250. The minimum atomic E-state index is -0.703. The van der Waals surface area contributed by atoms with Crippen molar-refractivity contribution in [2.75, 3.05) is 13.1 Å². The number of carboxylic acids is 1. The zero-order chi connectivity index (χ0) is 17.2. The Morgan fingerprint density at radius 3 is 2.64 bits per heavy atom. The molecular formula is C20H19NO4. The zero-order valence-electron chi connectivity index (χ0n) is 13.7. The Labute approximate surface area is 145 Å². The third-order valence-corrected chi connectivity index (χ3v) is 4.49. The van der Waals surface area contributed by atoms with E-state index in [4.69, 9.17) is 14.3 Å². The molecule has 1 fully saturated rings. The number of carboxylic acid groups (broad SMARTS) is 1. The van der Waals surface area contributed by atoms with Gasteiger partial charge in [-0.2, -0.15) is 0 Å². The lowest BCUT2D eigenvalue weighted by molar-refractivity contribution is -0.147. The number of nitrogens with zero attached hydrogens (tertiary/aromatic N) is 1. The van der Waals surface area contributed by atoms with Crippen LogP contribution in [-0.4, -0.2) is 29.1 Å². The number of furan rings is 1. The first-order valence-electron chi connectivity index (χ1n) is 8.32. The van der Waals surface area contributed by atoms with Gasteiger partial charge in [-0.05, 0) is 29.8 Å². The van der Waals surface area contributed by atoms with Gasteiger partial charge in [0.05, 0.1) is 5.92 Å². The molecule has 5 nitrogen and oxygen atoms in total. The molecule has 0 spiro atoms. The van der Waals surface area contributed by atoms with E-state index in [1.54, 1.807) is 0 Å². The second-order valence-electron chi connectivity index (χ2n) is 6.41. The van der Waals surface area contributed by atoms with E-state index in [1.165, 1.54) is 0 Å². The topological polar surface area (TPSA) is 62.9 Å². The molecule has 0 unspecified atom stereocenters. The first-order valence-corrected chi connectivity index (χ1v) is 8.32. The van der Waals surface area contributed by atoms with Crippen LogP contribution in [-0.2, 0) is 17.9 Å². The highest BCUT2D eigenvalue weighted by Crippen LogP contribution is 2.22. The molecule has 0 radical (unpaired) electrons. The molecule has 2 aromatic carbocycles. The number of hydrogen-bond donors (Lipinski definition) is 1. The van der Waals surface area contributed by atoms with Gasteiger partial charge in [-0.15, -0.1) is 0 Å². The normalized spacial score (nSPS) is 15.2. The molecule has 1 aliphatic rings. The van der Waals surface area contributed by atoms with Crippen molar-refractivity contribution in [2.45, 2.75) is 13.2 Å². The molecule has 5 heteroatoms. The van der Waals surface area contributed by atoms with Crippen LogP contribution < -0.4 is 4.74 Å². The Balaban J connectivity index is 1.31. The van der Waals surface area contributed by atoms with Gasteiger partial charge >= 0.3 is 5.97 Å². The van der Waals surface area contributed by atoms with Gasteiger partial charge in [0.25, 0.3) is 0 Å². The van der Waals surface area contributed by atoms with Crippen molar-refractivity contribution in [3.63, 3.8) is 0 Å². The second-order valence-corrected chi connectivity index (χ2v) is 6.41. The smallest absolute Gasteiger partial charge is 0.309 e. The third-order valence-electron chi connectivity index (χ3n) is 4.49. The number of rotatable bonds is 6. The molecule has 1 N–H and O–H groups in total. The summed E-state index contributed by atoms with van der Waals surface area (Å²) in [5, 5.41) is 9.98. The van der Waals surface area contributed by atoms with Crippen molar-refractivity contribution in [1.29, 1.82) is 0 Å². The van der Waals surface area contributed by atoms with Crippen LogP contribution in [0.15, 0.2) is 59.0 Å². The predicted molar refractivity (Wildman–Crippen MR) is 93.4 cm³/mol. The number of aliphatic carboxylic acids is 1. The maximum atomic E-state index is 10.8. The molecule has 1 aromatic heterocycles. The van der Waals surface area contributed by atoms with E-state index in [2.05, 4.69) is 4.90 Å². The lowest BCUT2D eigenvalue weighted by Crippen LogP contribution is -2.49. The summed E-state index contributed by atoms with van der Waals surface area (Å²) < 4.78 is 11.5. The van der Waals surface area contributed by atoms with Crippen molar-refractivity contribution < 1.29 is 19.1 Å². The van der Waals surface area contributed by atoms with Crippen LogP contribution in [0.3, 0.4) is 0 Å². The van der Waals surface area contributed by atoms with Crippen LogP contribution in [0, 0.1) is 5.92 Å². The van der Waals surface area contributed by atoms with E-state index in [0.29, 0.717) is 19.7 Å². The van der Waals surface area contributed by atoms with Gasteiger partial charge in [0, 0.05) is 25.0 Å². The number of ether oxygens (including phenoxy) is 1. The van der Waals surface area contributed by atoms with Crippen LogP contribution in [0.25, 0.3) is 11.0 Å². The molecule has 4 rings (SSSR count). The van der Waals surface area contributed by atoms with Gasteiger partial charge in [0.1, 0.15) is 23.7 Å². The summed E-state index contributed by atoms with van der Waals surface area (Å²) in [6, 6.07) is 17.8. The average molecular weight is 337 g/mol. The quantitative estimate of drug-likeness (QED) is 0.745. The third kappa shape index (κ3) is 3.51. The lowest BCUT2D eigenvalue weighted by Gasteiger charge is -2.36. The van der Waals surface area contributed by atoms with Gasteiger partial charge < -0.3 is 14.3 Å². The summed E-state index contributed by atoms with van der Waals surface area (Å²) in [5.74, 6) is 0.666. The molecular weight excluding hydrogens is 318 g/mol. The average Bonchev–Trinajstić information content (AvgIpc) is 2.99. The Hall–Kier alpha value is -2.79. The highest BCUT2D eigenvalue weighted by atomic mass is 16.5. The van der Waals surface area contributed by atoms with E-state index in [1.807, 2.05) is 54.6 Å². The molecule has 1 aliphatic heterocycles. The first kappa shape index (κ1) is 15.7. The fourth-order valence-electron chi connectivity index (χ4n) is 3.07. The number of likely N-dealkylation sites (tertiary alicyclic amines) is 1. The van der Waals surface area contributed by atoms with Crippen LogP contribution in [0.5, 0.6) is 5.75 Å². The van der Waals surface area contributed by atoms with Crippen molar-refractivity contribution in [3.8, 4) is 5.75 Å². The number of hydrogen-bond acceptors (Lipinski definition) is 4. The molecule has 3 aromatic rings. The molecule has 1 saturated heterocycles. The molecule has 128 valence electrons. The van der Waals surface area contributed by atoms with E-state index in [0.717, 1.165) is 34.6 Å². The summed E-state index contributed by atoms with van der Waals surface area (Å²) in [5.41, 5.74) is 2.02. The minimum Gasteiger partial charge on any atom is -0.486 e. The Morgan fingerprint density at radius 1 is 1.16 bits per heavy atom. The monoisotopic (exact) mass is 337 g/mol. The van der Waals surface area contributed by atoms with Crippen LogP contribution in [0.1, 0.15) is 11.3 Å². The van der Waals surface area contributed by atoms with E-state index < -0.39 is 5.97 Å². The molecule has 0 amide bonds. The molecule has 0 saturated carbocycles. The second kappa shape index (κ2) is 6.61. The highest BCUT2D eigenvalue weighted by molar-refractivity contribution is 5.77. The van der Waals surface area contributed by atoms with Crippen LogP contribution in [0.2, 0.25) is 0 Å². The number of carbonyl (C=O) groups is 1. The summed E-state index contributed by atoms with van der Waals surface area (Å²) in [7, 11) is 0. The maximum Gasteiger partial charge on any atom is 0.309 e. The van der Waals surface area contributed by atoms with E-state index in [9.17, 15) is 4.79 Å². The SMILES string of the molecule is O=C(O)C1CN(Cc2ccc(OCc3cc4ccccc4o3)cc2)C1.